The van der Waals surface area contributed by atoms with Gasteiger partial charge >= 0.3 is 6.03 Å². The van der Waals surface area contributed by atoms with Gasteiger partial charge in [-0.1, -0.05) is 19.9 Å². The van der Waals surface area contributed by atoms with Crippen LogP contribution in [0.25, 0.3) is 0 Å². The molecule has 2 rings (SSSR count). The maximum Gasteiger partial charge on any atom is 0.319 e. The van der Waals surface area contributed by atoms with Crippen LogP contribution >= 0.6 is 11.3 Å². The van der Waals surface area contributed by atoms with Crippen LogP contribution in [0.3, 0.4) is 0 Å². The summed E-state index contributed by atoms with van der Waals surface area (Å²) in [6.45, 7) is 8.09. The van der Waals surface area contributed by atoms with E-state index in [0.29, 0.717) is 30.3 Å². The minimum atomic E-state index is -0.276. The fourth-order valence-electron chi connectivity index (χ4n) is 2.21. The van der Waals surface area contributed by atoms with E-state index in [9.17, 15) is 9.59 Å². The van der Waals surface area contributed by atoms with E-state index in [1.807, 2.05) is 18.4 Å². The Bertz CT molecular complexity index is 755. The predicted molar refractivity (Wildman–Crippen MR) is 102 cm³/mol. The maximum atomic E-state index is 12.1. The summed E-state index contributed by atoms with van der Waals surface area (Å²) < 4.78 is 0. The van der Waals surface area contributed by atoms with E-state index in [0.717, 1.165) is 16.3 Å². The quantitative estimate of drug-likeness (QED) is 0.730. The average molecular weight is 360 g/mol. The minimum Gasteiger partial charge on any atom is -0.337 e. The lowest BCUT2D eigenvalue weighted by Crippen LogP contribution is -2.30. The molecule has 0 saturated heterocycles. The highest BCUT2D eigenvalue weighted by Crippen LogP contribution is 2.21. The second-order valence-corrected chi connectivity index (χ2v) is 7.06. The van der Waals surface area contributed by atoms with Gasteiger partial charge in [-0.25, -0.2) is 9.78 Å². The van der Waals surface area contributed by atoms with E-state index in [1.54, 1.807) is 23.5 Å². The number of nitrogens with one attached hydrogen (secondary N) is 3. The fourth-order valence-corrected chi connectivity index (χ4v) is 3.08. The van der Waals surface area contributed by atoms with E-state index in [4.69, 9.17) is 0 Å². The van der Waals surface area contributed by atoms with Crippen molar-refractivity contribution in [1.29, 1.82) is 0 Å². The van der Waals surface area contributed by atoms with Crippen molar-refractivity contribution in [1.82, 2.24) is 10.3 Å². The lowest BCUT2D eigenvalue weighted by Gasteiger charge is -2.11. The van der Waals surface area contributed by atoms with Gasteiger partial charge in [0.2, 0.25) is 5.91 Å². The van der Waals surface area contributed by atoms with Crippen molar-refractivity contribution in [2.24, 2.45) is 0 Å². The van der Waals surface area contributed by atoms with Crippen LogP contribution in [0.5, 0.6) is 0 Å². The molecule has 3 N–H and O–H groups in total. The Labute approximate surface area is 152 Å². The molecule has 6 nitrogen and oxygen atoms in total. The molecule has 25 heavy (non-hydrogen) atoms. The number of benzene rings is 1. The zero-order valence-electron chi connectivity index (χ0n) is 15.0. The van der Waals surface area contributed by atoms with Crippen molar-refractivity contribution in [3.8, 4) is 0 Å². The molecule has 0 aliphatic carbocycles. The van der Waals surface area contributed by atoms with Crippen molar-refractivity contribution >= 4 is 34.6 Å². The molecule has 0 bridgehead atoms. The first-order valence-corrected chi connectivity index (χ1v) is 9.10. The van der Waals surface area contributed by atoms with E-state index in [1.165, 1.54) is 6.92 Å². The molecule has 0 saturated carbocycles. The van der Waals surface area contributed by atoms with Crippen molar-refractivity contribution < 1.29 is 9.59 Å². The number of anilines is 2. The summed E-state index contributed by atoms with van der Waals surface area (Å²) in [6.07, 6.45) is 0.696. The third kappa shape index (κ3) is 5.86. The first-order chi connectivity index (χ1) is 11.8. The van der Waals surface area contributed by atoms with E-state index in [-0.39, 0.29) is 11.9 Å². The van der Waals surface area contributed by atoms with Crippen molar-refractivity contribution in [3.05, 3.63) is 39.8 Å². The molecular weight excluding hydrogens is 336 g/mol. The van der Waals surface area contributed by atoms with Gasteiger partial charge in [0.15, 0.2) is 0 Å². The lowest BCUT2D eigenvalue weighted by atomic mass is 10.2. The molecule has 0 radical (unpaired) electrons. The van der Waals surface area contributed by atoms with Crippen LogP contribution in [0.1, 0.15) is 43.0 Å². The van der Waals surface area contributed by atoms with Crippen LogP contribution < -0.4 is 16.0 Å². The smallest absolute Gasteiger partial charge is 0.319 e. The molecule has 1 aromatic carbocycles. The second-order valence-electron chi connectivity index (χ2n) is 6.17. The zero-order valence-corrected chi connectivity index (χ0v) is 15.8. The summed E-state index contributed by atoms with van der Waals surface area (Å²) in [5, 5.41) is 11.5. The first-order valence-electron chi connectivity index (χ1n) is 8.22. The number of aryl methyl sites for hydroxylation is 1. The van der Waals surface area contributed by atoms with Crippen molar-refractivity contribution in [3.63, 3.8) is 0 Å². The number of nitrogens with zero attached hydrogens (tertiary/aromatic N) is 1. The first kappa shape index (κ1) is 18.9. The molecule has 0 aliphatic heterocycles. The zero-order chi connectivity index (χ0) is 18.4. The Hall–Kier alpha value is -2.41. The van der Waals surface area contributed by atoms with Gasteiger partial charge in [0, 0.05) is 42.6 Å². The number of carbonyl (C=O) groups is 2. The Morgan fingerprint density at radius 3 is 2.64 bits per heavy atom. The van der Waals surface area contributed by atoms with E-state index >= 15 is 0 Å². The maximum absolute atomic E-state index is 12.1. The molecule has 0 spiro atoms. The van der Waals surface area contributed by atoms with Crippen LogP contribution in [0.4, 0.5) is 16.2 Å². The average Bonchev–Trinajstić information content (AvgIpc) is 2.99. The van der Waals surface area contributed by atoms with Crippen LogP contribution in [0.15, 0.2) is 23.6 Å². The predicted octanol–water partition coefficient (Wildman–Crippen LogP) is 3.90. The summed E-state index contributed by atoms with van der Waals surface area (Å²) in [5.41, 5.74) is 3.24. The number of rotatable bonds is 6. The largest absolute Gasteiger partial charge is 0.337 e. The van der Waals surface area contributed by atoms with Gasteiger partial charge in [0.05, 0.1) is 10.7 Å². The highest BCUT2D eigenvalue weighted by molar-refractivity contribution is 7.09. The molecule has 1 heterocycles. The van der Waals surface area contributed by atoms with Crippen LogP contribution in [-0.2, 0) is 11.2 Å². The van der Waals surface area contributed by atoms with Gasteiger partial charge in [0.25, 0.3) is 0 Å². The second kappa shape index (κ2) is 8.62. The van der Waals surface area contributed by atoms with Gasteiger partial charge in [-0.05, 0) is 24.6 Å². The van der Waals surface area contributed by atoms with Gasteiger partial charge in [-0.3, -0.25) is 4.79 Å². The summed E-state index contributed by atoms with van der Waals surface area (Å²) >= 11 is 1.65. The molecule has 0 atom stereocenters. The SMILES string of the molecule is CC(=O)Nc1ccc(C)c(NC(=O)NCCc2csc(C(C)C)n2)c1. The number of carbonyl (C=O) groups excluding carboxylic acids is 2. The number of thiazole rings is 1. The summed E-state index contributed by atoms with van der Waals surface area (Å²) in [4.78, 5) is 27.8. The standard InChI is InChI=1S/C18H24N4O2S/c1-11(2)17-21-15(10-25-17)7-8-19-18(24)22-16-9-14(20-13(4)23)6-5-12(16)3/h5-6,9-11H,7-8H2,1-4H3,(H,20,23)(H2,19,22,24). The van der Waals surface area contributed by atoms with Crippen LogP contribution in [-0.4, -0.2) is 23.5 Å². The Morgan fingerprint density at radius 2 is 2.00 bits per heavy atom. The molecule has 0 aliphatic rings. The topological polar surface area (TPSA) is 83.1 Å². The Balaban J connectivity index is 1.86. The van der Waals surface area contributed by atoms with Crippen molar-refractivity contribution in [2.45, 2.75) is 40.0 Å². The van der Waals surface area contributed by atoms with Crippen molar-refractivity contribution in [2.75, 3.05) is 17.2 Å². The summed E-state index contributed by atoms with van der Waals surface area (Å²) in [6, 6.07) is 5.12. The highest BCUT2D eigenvalue weighted by Gasteiger charge is 2.08. The molecule has 1 aromatic heterocycles. The molecule has 0 unspecified atom stereocenters. The number of aromatic nitrogens is 1. The summed E-state index contributed by atoms with van der Waals surface area (Å²) in [5.74, 6) is 0.275. The van der Waals surface area contributed by atoms with Gasteiger partial charge < -0.3 is 16.0 Å². The lowest BCUT2D eigenvalue weighted by molar-refractivity contribution is -0.114. The van der Waals surface area contributed by atoms with E-state index in [2.05, 4.69) is 34.8 Å². The van der Waals surface area contributed by atoms with Gasteiger partial charge in [0.1, 0.15) is 0 Å². The van der Waals surface area contributed by atoms with Gasteiger partial charge in [-0.2, -0.15) is 0 Å². The van der Waals surface area contributed by atoms with E-state index < -0.39 is 0 Å². The Kier molecular flexibility index (Phi) is 6.52. The van der Waals surface area contributed by atoms with Crippen LogP contribution in [0.2, 0.25) is 0 Å². The number of urea groups is 1. The molecule has 2 aromatic rings. The van der Waals surface area contributed by atoms with Gasteiger partial charge in [-0.15, -0.1) is 11.3 Å². The fraction of sp³-hybridized carbons (Fsp3) is 0.389. The normalized spacial score (nSPS) is 10.6. The third-order valence-electron chi connectivity index (χ3n) is 3.54. The summed E-state index contributed by atoms with van der Waals surface area (Å²) in [7, 11) is 0. The molecule has 7 heteroatoms. The minimum absolute atomic E-state index is 0.150. The number of amides is 3. The third-order valence-corrected chi connectivity index (χ3v) is 4.73. The molecule has 3 amide bonds. The monoisotopic (exact) mass is 360 g/mol. The number of hydrogen-bond donors (Lipinski definition) is 3. The van der Waals surface area contributed by atoms with Crippen LogP contribution in [0, 0.1) is 6.92 Å². The Morgan fingerprint density at radius 1 is 1.24 bits per heavy atom. The highest BCUT2D eigenvalue weighted by atomic mass is 32.1. The molecule has 0 fully saturated rings. The molecular formula is C18H24N4O2S. The molecule has 134 valence electrons. The number of hydrogen-bond acceptors (Lipinski definition) is 4.